The quantitative estimate of drug-likeness (QED) is 0.751. The zero-order valence-electron chi connectivity index (χ0n) is 15.0. The van der Waals surface area contributed by atoms with Crippen LogP contribution in [0, 0.1) is 5.92 Å². The third-order valence-corrected chi connectivity index (χ3v) is 5.50. The SMILES string of the molecule is Cn1nccc1[C@@H]1OCCC[C@H]1CNc1ccc2nc(C3CC3)oc2c1. The number of benzene rings is 1. The fraction of sp³-hybridized carbons (Fsp3) is 0.500. The van der Waals surface area contributed by atoms with Crippen LogP contribution in [0.25, 0.3) is 11.1 Å². The molecular weight excluding hydrogens is 328 g/mol. The first-order valence-electron chi connectivity index (χ1n) is 9.52. The minimum absolute atomic E-state index is 0.0965. The molecule has 2 atom stereocenters. The number of hydrogen-bond acceptors (Lipinski definition) is 5. The molecule has 2 fully saturated rings. The monoisotopic (exact) mass is 352 g/mol. The summed E-state index contributed by atoms with van der Waals surface area (Å²) in [5.41, 5.74) is 4.05. The van der Waals surface area contributed by atoms with Gasteiger partial charge in [-0.05, 0) is 43.9 Å². The van der Waals surface area contributed by atoms with Crippen LogP contribution in [-0.2, 0) is 11.8 Å². The molecule has 0 bridgehead atoms. The molecular formula is C20H24N4O2. The summed E-state index contributed by atoms with van der Waals surface area (Å²) in [5.74, 6) is 1.86. The third-order valence-electron chi connectivity index (χ3n) is 5.50. The lowest BCUT2D eigenvalue weighted by atomic mass is 9.92. The second kappa shape index (κ2) is 6.43. The summed E-state index contributed by atoms with van der Waals surface area (Å²) in [6.07, 6.45) is 6.60. The van der Waals surface area contributed by atoms with E-state index < -0.39 is 0 Å². The van der Waals surface area contributed by atoms with E-state index in [1.54, 1.807) is 0 Å². The van der Waals surface area contributed by atoms with E-state index in [4.69, 9.17) is 9.15 Å². The van der Waals surface area contributed by atoms with Crippen LogP contribution < -0.4 is 5.32 Å². The van der Waals surface area contributed by atoms with Gasteiger partial charge in [0.05, 0.1) is 5.69 Å². The van der Waals surface area contributed by atoms with Crippen LogP contribution in [0.5, 0.6) is 0 Å². The van der Waals surface area contributed by atoms with Gasteiger partial charge in [-0.2, -0.15) is 5.10 Å². The Kier molecular flexibility index (Phi) is 3.93. The number of anilines is 1. The topological polar surface area (TPSA) is 65.1 Å². The fourth-order valence-electron chi connectivity index (χ4n) is 3.85. The van der Waals surface area contributed by atoms with Gasteiger partial charge in [-0.15, -0.1) is 0 Å². The lowest BCUT2D eigenvalue weighted by Crippen LogP contribution is -2.29. The van der Waals surface area contributed by atoms with E-state index in [2.05, 4.69) is 33.6 Å². The molecule has 1 aliphatic heterocycles. The lowest BCUT2D eigenvalue weighted by molar-refractivity contribution is -0.0284. The van der Waals surface area contributed by atoms with Gasteiger partial charge < -0.3 is 14.5 Å². The highest BCUT2D eigenvalue weighted by molar-refractivity contribution is 5.77. The van der Waals surface area contributed by atoms with Gasteiger partial charge in [0.1, 0.15) is 11.6 Å². The zero-order valence-corrected chi connectivity index (χ0v) is 15.0. The smallest absolute Gasteiger partial charge is 0.198 e. The Labute approximate surface area is 152 Å². The standard InChI is InChI=1S/C20H24N4O2/c1-24-17(8-9-22-24)19-14(3-2-10-25-19)12-21-15-6-7-16-18(11-15)26-20(23-16)13-4-5-13/h6-9,11,13-14,19,21H,2-5,10,12H2,1H3/t14-,19+/m0/s1. The van der Waals surface area contributed by atoms with Crippen molar-refractivity contribution in [2.75, 3.05) is 18.5 Å². The molecule has 2 aliphatic rings. The maximum atomic E-state index is 6.08. The van der Waals surface area contributed by atoms with Crippen molar-refractivity contribution in [3.63, 3.8) is 0 Å². The summed E-state index contributed by atoms with van der Waals surface area (Å²) in [6, 6.07) is 8.26. The Hall–Kier alpha value is -2.34. The molecule has 6 heteroatoms. The van der Waals surface area contributed by atoms with Gasteiger partial charge in [0, 0.05) is 50.0 Å². The Bertz CT molecular complexity index is 912. The van der Waals surface area contributed by atoms with Crippen molar-refractivity contribution < 1.29 is 9.15 Å². The summed E-state index contributed by atoms with van der Waals surface area (Å²) in [5, 5.41) is 7.87. The first-order valence-corrected chi connectivity index (χ1v) is 9.52. The van der Waals surface area contributed by atoms with Crippen molar-refractivity contribution in [1.82, 2.24) is 14.8 Å². The van der Waals surface area contributed by atoms with E-state index in [0.29, 0.717) is 11.8 Å². The van der Waals surface area contributed by atoms with Gasteiger partial charge in [0.2, 0.25) is 0 Å². The highest BCUT2D eigenvalue weighted by atomic mass is 16.5. The molecule has 6 nitrogen and oxygen atoms in total. The molecule has 26 heavy (non-hydrogen) atoms. The van der Waals surface area contributed by atoms with Gasteiger partial charge in [-0.25, -0.2) is 4.98 Å². The van der Waals surface area contributed by atoms with Crippen LogP contribution in [-0.4, -0.2) is 27.9 Å². The van der Waals surface area contributed by atoms with E-state index in [1.807, 2.05) is 24.0 Å². The summed E-state index contributed by atoms with van der Waals surface area (Å²) in [7, 11) is 1.98. The zero-order chi connectivity index (χ0) is 17.5. The van der Waals surface area contributed by atoms with Crippen LogP contribution in [0.2, 0.25) is 0 Å². The Morgan fingerprint density at radius 3 is 2.96 bits per heavy atom. The highest BCUT2D eigenvalue weighted by Crippen LogP contribution is 2.41. The molecule has 3 heterocycles. The average Bonchev–Trinajstić information content (AvgIpc) is 3.29. The van der Waals surface area contributed by atoms with Crippen LogP contribution in [0.4, 0.5) is 5.69 Å². The number of oxazole rings is 1. The first kappa shape index (κ1) is 15.9. The minimum atomic E-state index is 0.0965. The molecule has 0 amide bonds. The summed E-state index contributed by atoms with van der Waals surface area (Å²) >= 11 is 0. The minimum Gasteiger partial charge on any atom is -0.440 e. The highest BCUT2D eigenvalue weighted by Gasteiger charge is 2.30. The Morgan fingerprint density at radius 2 is 2.15 bits per heavy atom. The Balaban J connectivity index is 1.31. The molecule has 0 unspecified atom stereocenters. The van der Waals surface area contributed by atoms with Crippen LogP contribution >= 0.6 is 0 Å². The van der Waals surface area contributed by atoms with E-state index in [1.165, 1.54) is 12.8 Å². The number of nitrogens with one attached hydrogen (secondary N) is 1. The average molecular weight is 352 g/mol. The number of ether oxygens (including phenoxy) is 1. The number of aryl methyl sites for hydroxylation is 1. The number of aromatic nitrogens is 3. The van der Waals surface area contributed by atoms with Gasteiger partial charge in [0.15, 0.2) is 11.5 Å². The molecule has 5 rings (SSSR count). The fourth-order valence-corrected chi connectivity index (χ4v) is 3.85. The van der Waals surface area contributed by atoms with Crippen molar-refractivity contribution in [2.45, 2.75) is 37.7 Å². The predicted octanol–water partition coefficient (Wildman–Crippen LogP) is 4.02. The van der Waals surface area contributed by atoms with Crippen LogP contribution in [0.1, 0.15) is 49.3 Å². The van der Waals surface area contributed by atoms with Crippen LogP contribution in [0.3, 0.4) is 0 Å². The normalized spacial score (nSPS) is 23.4. The van der Waals surface area contributed by atoms with Crippen molar-refractivity contribution in [3.05, 3.63) is 42.0 Å². The van der Waals surface area contributed by atoms with Gasteiger partial charge in [-0.1, -0.05) is 0 Å². The molecule has 0 spiro atoms. The predicted molar refractivity (Wildman–Crippen MR) is 99.1 cm³/mol. The molecule has 1 saturated carbocycles. The van der Waals surface area contributed by atoms with Gasteiger partial charge in [0.25, 0.3) is 0 Å². The summed E-state index contributed by atoms with van der Waals surface area (Å²) < 4.78 is 13.9. The second-order valence-corrected chi connectivity index (χ2v) is 7.46. The van der Waals surface area contributed by atoms with E-state index >= 15 is 0 Å². The van der Waals surface area contributed by atoms with Crippen molar-refractivity contribution >= 4 is 16.8 Å². The van der Waals surface area contributed by atoms with Crippen molar-refractivity contribution in [3.8, 4) is 0 Å². The maximum Gasteiger partial charge on any atom is 0.198 e. The van der Waals surface area contributed by atoms with Crippen molar-refractivity contribution in [1.29, 1.82) is 0 Å². The molecule has 1 N–H and O–H groups in total. The molecule has 1 aromatic carbocycles. The van der Waals surface area contributed by atoms with E-state index in [0.717, 1.165) is 54.4 Å². The van der Waals surface area contributed by atoms with E-state index in [-0.39, 0.29) is 6.10 Å². The number of rotatable bonds is 5. The Morgan fingerprint density at radius 1 is 1.23 bits per heavy atom. The number of nitrogens with zero attached hydrogens (tertiary/aromatic N) is 3. The van der Waals surface area contributed by atoms with Crippen molar-refractivity contribution in [2.24, 2.45) is 13.0 Å². The second-order valence-electron chi connectivity index (χ2n) is 7.46. The van der Waals surface area contributed by atoms with Gasteiger partial charge >= 0.3 is 0 Å². The maximum absolute atomic E-state index is 6.08. The third kappa shape index (κ3) is 2.98. The molecule has 136 valence electrons. The van der Waals surface area contributed by atoms with Gasteiger partial charge in [-0.3, -0.25) is 4.68 Å². The lowest BCUT2D eigenvalue weighted by Gasteiger charge is -2.32. The van der Waals surface area contributed by atoms with Crippen LogP contribution in [0.15, 0.2) is 34.9 Å². The molecule has 0 radical (unpaired) electrons. The largest absolute Gasteiger partial charge is 0.440 e. The van der Waals surface area contributed by atoms with E-state index in [9.17, 15) is 0 Å². The molecule has 3 aromatic rings. The number of hydrogen-bond donors (Lipinski definition) is 1. The molecule has 1 aliphatic carbocycles. The number of fused-ring (bicyclic) bond motifs is 1. The summed E-state index contributed by atoms with van der Waals surface area (Å²) in [4.78, 5) is 4.60. The molecule has 2 aromatic heterocycles. The first-order chi connectivity index (χ1) is 12.8. The molecule has 1 saturated heterocycles. The summed E-state index contributed by atoms with van der Waals surface area (Å²) in [6.45, 7) is 1.69.